The maximum absolute atomic E-state index is 12.7. The summed E-state index contributed by atoms with van der Waals surface area (Å²) in [6, 6.07) is 14.4. The lowest BCUT2D eigenvalue weighted by Crippen LogP contribution is -2.10. The van der Waals surface area contributed by atoms with E-state index in [1.807, 2.05) is 30.4 Å². The van der Waals surface area contributed by atoms with E-state index in [2.05, 4.69) is 9.97 Å². The lowest BCUT2D eigenvalue weighted by atomic mass is 10.1. The van der Waals surface area contributed by atoms with Gasteiger partial charge in [-0.15, -0.1) is 0 Å². The number of oxazole rings is 1. The third-order valence-corrected chi connectivity index (χ3v) is 5.43. The van der Waals surface area contributed by atoms with Gasteiger partial charge in [-0.3, -0.25) is 9.97 Å². The number of aromatic nitrogens is 2. The van der Waals surface area contributed by atoms with Crippen LogP contribution in [0.15, 0.2) is 74.9 Å². The van der Waals surface area contributed by atoms with Crippen LogP contribution in [0.1, 0.15) is 11.3 Å². The van der Waals surface area contributed by atoms with Crippen LogP contribution in [0.5, 0.6) is 11.5 Å². The molecule has 2 aromatic heterocycles. The summed E-state index contributed by atoms with van der Waals surface area (Å²) in [5.74, 6) is -0.393. The maximum Gasteiger partial charge on any atom is 0.417 e. The summed E-state index contributed by atoms with van der Waals surface area (Å²) < 4.78 is 40.8. The topological polar surface area (TPSA) is 111 Å². The van der Waals surface area contributed by atoms with E-state index in [1.54, 1.807) is 18.3 Å². The first kappa shape index (κ1) is 19.5. The van der Waals surface area contributed by atoms with E-state index in [0.717, 1.165) is 11.3 Å². The Morgan fingerprint density at radius 3 is 2.67 bits per heavy atom. The van der Waals surface area contributed by atoms with Crippen LogP contribution in [-0.2, 0) is 10.1 Å². The lowest BCUT2D eigenvalue weighted by Gasteiger charge is -2.11. The Morgan fingerprint density at radius 2 is 1.90 bits per heavy atom. The predicted molar refractivity (Wildman–Crippen MR) is 111 cm³/mol. The summed E-state index contributed by atoms with van der Waals surface area (Å²) in [6.45, 7) is 0. The van der Waals surface area contributed by atoms with Crippen LogP contribution in [-0.4, -0.2) is 25.5 Å². The van der Waals surface area contributed by atoms with E-state index >= 15 is 0 Å². The Bertz CT molecular complexity index is 1390. The summed E-state index contributed by atoms with van der Waals surface area (Å²) in [7, 11) is -2.76. The number of hydrogen-bond donors (Lipinski definition) is 1. The molecular weight excluding hydrogens is 408 g/mol. The molecule has 4 rings (SSSR count). The number of hydrogen-bond acceptors (Lipinski definition) is 7. The molecule has 4 aromatic rings. The van der Waals surface area contributed by atoms with Crippen molar-refractivity contribution in [2.75, 3.05) is 7.11 Å². The smallest absolute Gasteiger partial charge is 0.417 e. The SMILES string of the molecule is COc1cc(/C=C/c2ccccn2)ccc1OS(=O)(=O)c1ccc2[nH]c(=O)oc2c1. The summed E-state index contributed by atoms with van der Waals surface area (Å²) in [6.07, 6.45) is 5.34. The van der Waals surface area contributed by atoms with Crippen LogP contribution in [0, 0.1) is 0 Å². The molecule has 0 fully saturated rings. The Balaban J connectivity index is 1.61. The average Bonchev–Trinajstić information content (AvgIpc) is 3.12. The van der Waals surface area contributed by atoms with Gasteiger partial charge in [0.2, 0.25) is 0 Å². The molecule has 8 nitrogen and oxygen atoms in total. The van der Waals surface area contributed by atoms with E-state index in [0.29, 0.717) is 5.52 Å². The number of nitrogens with zero attached hydrogens (tertiary/aromatic N) is 1. The molecule has 0 bridgehead atoms. The molecule has 152 valence electrons. The fourth-order valence-electron chi connectivity index (χ4n) is 2.76. The van der Waals surface area contributed by atoms with Crippen LogP contribution in [0.25, 0.3) is 23.3 Å². The largest absolute Gasteiger partial charge is 0.493 e. The molecule has 0 saturated heterocycles. The van der Waals surface area contributed by atoms with Gasteiger partial charge in [0, 0.05) is 12.3 Å². The molecule has 1 N–H and O–H groups in total. The first-order valence-corrected chi connectivity index (χ1v) is 10.2. The number of pyridine rings is 1. The van der Waals surface area contributed by atoms with Gasteiger partial charge >= 0.3 is 15.9 Å². The number of ether oxygens (including phenoxy) is 1. The molecule has 0 aliphatic rings. The number of methoxy groups -OCH3 is 1. The highest BCUT2D eigenvalue weighted by Crippen LogP contribution is 2.31. The Hall–Kier alpha value is -3.85. The first-order valence-electron chi connectivity index (χ1n) is 8.79. The second-order valence-electron chi connectivity index (χ2n) is 6.21. The Kier molecular flexibility index (Phi) is 5.11. The van der Waals surface area contributed by atoms with Gasteiger partial charge in [-0.25, -0.2) is 4.79 Å². The van der Waals surface area contributed by atoms with Crippen molar-refractivity contribution in [2.45, 2.75) is 4.90 Å². The standard InChI is InChI=1S/C21H16N2O6S/c1-27-20-12-14(5-7-15-4-2-3-11-22-15)6-10-18(20)29-30(25,26)16-8-9-17-19(13-16)28-21(24)23-17/h2-13H,1H3,(H,23,24)/b7-5+. The number of benzene rings is 2. The van der Waals surface area contributed by atoms with Crippen LogP contribution >= 0.6 is 0 Å². The van der Waals surface area contributed by atoms with Gasteiger partial charge in [0.1, 0.15) is 4.90 Å². The van der Waals surface area contributed by atoms with Crippen LogP contribution in [0.2, 0.25) is 0 Å². The van der Waals surface area contributed by atoms with Crippen LogP contribution in [0.3, 0.4) is 0 Å². The van der Waals surface area contributed by atoms with Crippen molar-refractivity contribution in [3.8, 4) is 11.5 Å². The van der Waals surface area contributed by atoms with Crippen molar-refractivity contribution in [1.82, 2.24) is 9.97 Å². The van der Waals surface area contributed by atoms with Crippen molar-refractivity contribution in [1.29, 1.82) is 0 Å². The van der Waals surface area contributed by atoms with Gasteiger partial charge in [0.05, 0.1) is 18.3 Å². The van der Waals surface area contributed by atoms with Gasteiger partial charge in [0.25, 0.3) is 0 Å². The third-order valence-electron chi connectivity index (χ3n) is 4.20. The molecule has 0 amide bonds. The van der Waals surface area contributed by atoms with Crippen LogP contribution in [0.4, 0.5) is 0 Å². The number of nitrogens with one attached hydrogen (secondary N) is 1. The molecule has 0 aliphatic heterocycles. The van der Waals surface area contributed by atoms with E-state index < -0.39 is 15.9 Å². The monoisotopic (exact) mass is 424 g/mol. The fraction of sp³-hybridized carbons (Fsp3) is 0.0476. The molecule has 0 saturated carbocycles. The molecule has 0 aliphatic carbocycles. The second kappa shape index (κ2) is 7.88. The Morgan fingerprint density at radius 1 is 1.03 bits per heavy atom. The molecule has 0 atom stereocenters. The quantitative estimate of drug-likeness (QED) is 0.472. The summed E-state index contributed by atoms with van der Waals surface area (Å²) in [5.41, 5.74) is 2.07. The van der Waals surface area contributed by atoms with E-state index in [1.165, 1.54) is 31.4 Å². The minimum Gasteiger partial charge on any atom is -0.493 e. The lowest BCUT2D eigenvalue weighted by molar-refractivity contribution is 0.390. The van der Waals surface area contributed by atoms with E-state index in [-0.39, 0.29) is 22.0 Å². The molecule has 0 spiro atoms. The van der Waals surface area contributed by atoms with Crippen molar-refractivity contribution < 1.29 is 21.8 Å². The number of fused-ring (bicyclic) bond motifs is 1. The second-order valence-corrected chi connectivity index (χ2v) is 7.75. The minimum atomic E-state index is -4.18. The molecular formula is C21H16N2O6S. The zero-order valence-corrected chi connectivity index (χ0v) is 16.5. The van der Waals surface area contributed by atoms with Crippen molar-refractivity contribution in [3.63, 3.8) is 0 Å². The predicted octanol–water partition coefficient (Wildman–Crippen LogP) is 3.46. The highest BCUT2D eigenvalue weighted by molar-refractivity contribution is 7.87. The molecule has 0 radical (unpaired) electrons. The van der Waals surface area contributed by atoms with Crippen molar-refractivity contribution >= 4 is 33.4 Å². The van der Waals surface area contributed by atoms with Crippen molar-refractivity contribution in [2.24, 2.45) is 0 Å². The highest BCUT2D eigenvalue weighted by atomic mass is 32.2. The molecule has 2 aromatic carbocycles. The van der Waals surface area contributed by atoms with E-state index in [9.17, 15) is 13.2 Å². The first-order chi connectivity index (χ1) is 14.4. The number of aromatic amines is 1. The average molecular weight is 424 g/mol. The zero-order valence-electron chi connectivity index (χ0n) is 15.7. The highest BCUT2D eigenvalue weighted by Gasteiger charge is 2.20. The summed E-state index contributed by atoms with van der Waals surface area (Å²) in [5, 5.41) is 0. The number of rotatable bonds is 6. The van der Waals surface area contributed by atoms with Gasteiger partial charge in [-0.1, -0.05) is 18.2 Å². The van der Waals surface area contributed by atoms with Crippen molar-refractivity contribution in [3.05, 3.63) is 82.6 Å². The zero-order chi connectivity index (χ0) is 21.1. The normalized spacial score (nSPS) is 11.8. The van der Waals surface area contributed by atoms with E-state index in [4.69, 9.17) is 13.3 Å². The fourth-order valence-corrected chi connectivity index (χ4v) is 3.72. The molecule has 30 heavy (non-hydrogen) atoms. The third kappa shape index (κ3) is 4.11. The summed E-state index contributed by atoms with van der Waals surface area (Å²) >= 11 is 0. The summed E-state index contributed by atoms with van der Waals surface area (Å²) in [4.78, 5) is 17.8. The molecule has 0 unspecified atom stereocenters. The van der Waals surface area contributed by atoms with Gasteiger partial charge in [-0.05, 0) is 48.0 Å². The van der Waals surface area contributed by atoms with Gasteiger partial charge < -0.3 is 13.3 Å². The minimum absolute atomic E-state index is 0.0307. The molecule has 2 heterocycles. The van der Waals surface area contributed by atoms with Crippen LogP contribution < -0.4 is 14.7 Å². The maximum atomic E-state index is 12.7. The van der Waals surface area contributed by atoms with Gasteiger partial charge in [-0.2, -0.15) is 8.42 Å². The number of H-pyrrole nitrogens is 1. The van der Waals surface area contributed by atoms with Gasteiger partial charge in [0.15, 0.2) is 17.1 Å². The Labute approximate surface area is 171 Å². The molecule has 9 heteroatoms.